The largest absolute Gasteiger partial charge is 0.350 e. The molecule has 1 amide bonds. The van der Waals surface area contributed by atoms with Gasteiger partial charge in [-0.25, -0.2) is 9.37 Å². The van der Waals surface area contributed by atoms with Crippen LogP contribution in [-0.2, 0) is 26.4 Å². The number of likely N-dealkylation sites (tertiary alicyclic amines) is 1. The highest BCUT2D eigenvalue weighted by Crippen LogP contribution is 2.26. The highest BCUT2D eigenvalue weighted by atomic mass is 19.1. The molecule has 2 aromatic rings. The Morgan fingerprint density at radius 2 is 2.27 bits per heavy atom. The molecule has 4 rings (SSSR count). The fourth-order valence-corrected chi connectivity index (χ4v) is 4.20. The molecule has 1 aromatic carbocycles. The Labute approximate surface area is 153 Å². The molecule has 0 bridgehead atoms. The van der Waals surface area contributed by atoms with Crippen molar-refractivity contribution in [2.45, 2.75) is 44.4 Å². The average Bonchev–Trinajstić information content (AvgIpc) is 3.33. The topological polar surface area (TPSA) is 50.2 Å². The molecule has 1 aromatic heterocycles. The fraction of sp³-hybridized carbons (Fsp3) is 0.500. The third-order valence-corrected chi connectivity index (χ3v) is 5.63. The van der Waals surface area contributed by atoms with Crippen LogP contribution in [0.3, 0.4) is 0 Å². The number of imidazole rings is 1. The first-order valence-corrected chi connectivity index (χ1v) is 9.35. The molecular formula is C20H25FN4O. The van der Waals surface area contributed by atoms with Gasteiger partial charge in [-0.05, 0) is 42.9 Å². The molecule has 1 aliphatic heterocycles. The van der Waals surface area contributed by atoms with Gasteiger partial charge in [0.15, 0.2) is 0 Å². The van der Waals surface area contributed by atoms with E-state index in [9.17, 15) is 9.18 Å². The Balaban J connectivity index is 1.41. The second-order valence-corrected chi connectivity index (χ2v) is 7.38. The predicted octanol–water partition coefficient (Wildman–Crippen LogP) is 2.25. The highest BCUT2D eigenvalue weighted by molar-refractivity contribution is 5.96. The van der Waals surface area contributed by atoms with Crippen LogP contribution in [0.2, 0.25) is 0 Å². The lowest BCUT2D eigenvalue weighted by atomic mass is 10.0. The van der Waals surface area contributed by atoms with Gasteiger partial charge in [0.2, 0.25) is 0 Å². The summed E-state index contributed by atoms with van der Waals surface area (Å²) >= 11 is 0. The number of nitrogens with one attached hydrogen (secondary N) is 1. The van der Waals surface area contributed by atoms with E-state index in [1.807, 2.05) is 29.9 Å². The first-order valence-electron chi connectivity index (χ1n) is 9.35. The van der Waals surface area contributed by atoms with Gasteiger partial charge >= 0.3 is 0 Å². The van der Waals surface area contributed by atoms with Crippen LogP contribution in [0.15, 0.2) is 30.6 Å². The number of carbonyl (C=O) groups is 1. The quantitative estimate of drug-likeness (QED) is 0.894. The SMILES string of the molecule is Cn1ccnc1CN1C[C@@H](F)C[C@H]1CNC(=O)c1cccc2c1CCC2. The molecule has 0 spiro atoms. The molecule has 5 nitrogen and oxygen atoms in total. The van der Waals surface area contributed by atoms with E-state index < -0.39 is 6.17 Å². The second-order valence-electron chi connectivity index (χ2n) is 7.38. The molecule has 0 unspecified atom stereocenters. The second kappa shape index (κ2) is 7.19. The predicted molar refractivity (Wildman–Crippen MR) is 97.7 cm³/mol. The minimum absolute atomic E-state index is 0.00223. The maximum atomic E-state index is 14.0. The van der Waals surface area contributed by atoms with Crippen LogP contribution in [0, 0.1) is 0 Å². The summed E-state index contributed by atoms with van der Waals surface area (Å²) < 4.78 is 16.0. The van der Waals surface area contributed by atoms with Crippen molar-refractivity contribution in [1.82, 2.24) is 19.8 Å². The Hall–Kier alpha value is -2.21. The Morgan fingerprint density at radius 3 is 3.08 bits per heavy atom. The molecule has 0 radical (unpaired) electrons. The molecule has 0 saturated carbocycles. The van der Waals surface area contributed by atoms with Crippen molar-refractivity contribution < 1.29 is 9.18 Å². The van der Waals surface area contributed by atoms with Gasteiger partial charge in [0.25, 0.3) is 5.91 Å². The summed E-state index contributed by atoms with van der Waals surface area (Å²) in [5, 5.41) is 3.04. The number of benzene rings is 1. The summed E-state index contributed by atoms with van der Waals surface area (Å²) in [4.78, 5) is 19.1. The van der Waals surface area contributed by atoms with Crippen molar-refractivity contribution in [1.29, 1.82) is 0 Å². The van der Waals surface area contributed by atoms with Crippen molar-refractivity contribution in [3.8, 4) is 0 Å². The normalized spacial score (nSPS) is 22.5. The number of aromatic nitrogens is 2. The van der Waals surface area contributed by atoms with Gasteiger partial charge in [-0.15, -0.1) is 0 Å². The van der Waals surface area contributed by atoms with Gasteiger partial charge < -0.3 is 9.88 Å². The molecule has 6 heteroatoms. The Morgan fingerprint density at radius 1 is 1.38 bits per heavy atom. The van der Waals surface area contributed by atoms with Gasteiger partial charge in [-0.1, -0.05) is 12.1 Å². The van der Waals surface area contributed by atoms with Gasteiger partial charge in [0.1, 0.15) is 12.0 Å². The number of hydrogen-bond acceptors (Lipinski definition) is 3. The number of hydrogen-bond donors (Lipinski definition) is 1. The summed E-state index contributed by atoms with van der Waals surface area (Å²) in [5.74, 6) is 0.874. The Kier molecular flexibility index (Phi) is 4.76. The lowest BCUT2D eigenvalue weighted by Crippen LogP contribution is -2.40. The van der Waals surface area contributed by atoms with Gasteiger partial charge in [-0.3, -0.25) is 9.69 Å². The highest BCUT2D eigenvalue weighted by Gasteiger charge is 2.33. The molecule has 2 heterocycles. The van der Waals surface area contributed by atoms with E-state index in [-0.39, 0.29) is 11.9 Å². The summed E-state index contributed by atoms with van der Waals surface area (Å²) in [6.07, 6.45) is 6.40. The number of amides is 1. The average molecular weight is 356 g/mol. The zero-order chi connectivity index (χ0) is 18.1. The van der Waals surface area contributed by atoms with Crippen LogP contribution < -0.4 is 5.32 Å². The van der Waals surface area contributed by atoms with E-state index >= 15 is 0 Å². The standard InChI is InChI=1S/C20H25FN4O/c1-24-9-8-22-19(24)13-25-12-15(21)10-16(25)11-23-20(26)18-7-3-5-14-4-2-6-17(14)18/h3,5,7-9,15-16H,2,4,6,10-13H2,1H3,(H,23,26)/t15-,16-/m0/s1. The molecule has 138 valence electrons. The van der Waals surface area contributed by atoms with E-state index in [0.717, 1.165) is 30.7 Å². The monoisotopic (exact) mass is 356 g/mol. The fourth-order valence-electron chi connectivity index (χ4n) is 4.20. The summed E-state index contributed by atoms with van der Waals surface area (Å²) in [5.41, 5.74) is 3.26. The van der Waals surface area contributed by atoms with Crippen LogP contribution in [0.4, 0.5) is 4.39 Å². The van der Waals surface area contributed by atoms with Gasteiger partial charge in [-0.2, -0.15) is 0 Å². The van der Waals surface area contributed by atoms with E-state index in [2.05, 4.69) is 21.3 Å². The summed E-state index contributed by atoms with van der Waals surface area (Å²) in [6.45, 7) is 1.46. The number of fused-ring (bicyclic) bond motifs is 1. The van der Waals surface area contributed by atoms with E-state index in [4.69, 9.17) is 0 Å². The lowest BCUT2D eigenvalue weighted by molar-refractivity contribution is 0.0938. The first-order chi connectivity index (χ1) is 12.6. The number of carbonyl (C=O) groups excluding carboxylic acids is 1. The van der Waals surface area contributed by atoms with Crippen LogP contribution in [-0.4, -0.2) is 45.7 Å². The zero-order valence-corrected chi connectivity index (χ0v) is 15.1. The van der Waals surface area contributed by atoms with E-state index in [1.165, 1.54) is 11.1 Å². The van der Waals surface area contributed by atoms with Crippen molar-refractivity contribution in [2.24, 2.45) is 7.05 Å². The lowest BCUT2D eigenvalue weighted by Gasteiger charge is -2.24. The maximum Gasteiger partial charge on any atom is 0.251 e. The van der Waals surface area contributed by atoms with Crippen LogP contribution in [0.5, 0.6) is 0 Å². The molecule has 1 saturated heterocycles. The number of alkyl halides is 1. The molecule has 2 atom stereocenters. The first kappa shape index (κ1) is 17.2. The van der Waals surface area contributed by atoms with Crippen molar-refractivity contribution in [2.75, 3.05) is 13.1 Å². The molecule has 2 aliphatic rings. The number of aryl methyl sites for hydroxylation is 2. The van der Waals surface area contributed by atoms with E-state index in [1.54, 1.807) is 6.20 Å². The Bertz CT molecular complexity index is 803. The van der Waals surface area contributed by atoms with E-state index in [0.29, 0.717) is 26.1 Å². The van der Waals surface area contributed by atoms with Crippen molar-refractivity contribution >= 4 is 5.91 Å². The third kappa shape index (κ3) is 3.38. The molecule has 1 N–H and O–H groups in total. The van der Waals surface area contributed by atoms with Gasteiger partial charge in [0, 0.05) is 44.1 Å². The minimum Gasteiger partial charge on any atom is -0.350 e. The van der Waals surface area contributed by atoms with Gasteiger partial charge in [0.05, 0.1) is 6.54 Å². The third-order valence-electron chi connectivity index (χ3n) is 5.63. The summed E-state index contributed by atoms with van der Waals surface area (Å²) in [7, 11) is 1.94. The number of nitrogens with zero attached hydrogens (tertiary/aromatic N) is 3. The van der Waals surface area contributed by atoms with Crippen LogP contribution in [0.1, 0.15) is 40.2 Å². The van der Waals surface area contributed by atoms with Crippen LogP contribution >= 0.6 is 0 Å². The van der Waals surface area contributed by atoms with Crippen molar-refractivity contribution in [3.05, 3.63) is 53.1 Å². The molecular weight excluding hydrogens is 331 g/mol. The number of rotatable bonds is 5. The molecule has 1 fully saturated rings. The maximum absolute atomic E-state index is 14.0. The number of halogens is 1. The minimum atomic E-state index is -0.849. The van der Waals surface area contributed by atoms with Crippen molar-refractivity contribution in [3.63, 3.8) is 0 Å². The summed E-state index contributed by atoms with van der Waals surface area (Å²) in [6, 6.07) is 5.97. The zero-order valence-electron chi connectivity index (χ0n) is 15.1. The smallest absolute Gasteiger partial charge is 0.251 e. The van der Waals surface area contributed by atoms with Crippen LogP contribution in [0.25, 0.3) is 0 Å². The molecule has 1 aliphatic carbocycles. The molecule has 26 heavy (non-hydrogen) atoms.